The summed E-state index contributed by atoms with van der Waals surface area (Å²) >= 11 is 11.8. The molecule has 2 rings (SSSR count). The van der Waals surface area contributed by atoms with E-state index in [1.807, 2.05) is 0 Å². The fraction of sp³-hybridized carbons (Fsp3) is 0.182. The summed E-state index contributed by atoms with van der Waals surface area (Å²) in [4.78, 5) is 14.6. The Kier molecular flexibility index (Phi) is 3.17. The van der Waals surface area contributed by atoms with Crippen molar-refractivity contribution in [3.05, 3.63) is 27.7 Å². The van der Waals surface area contributed by atoms with Crippen LogP contribution >= 0.6 is 23.2 Å². The van der Waals surface area contributed by atoms with Gasteiger partial charge in [-0.2, -0.15) is 0 Å². The van der Waals surface area contributed by atoms with E-state index in [0.717, 1.165) is 0 Å². The fourth-order valence-electron chi connectivity index (χ4n) is 1.63. The van der Waals surface area contributed by atoms with Gasteiger partial charge in [-0.1, -0.05) is 23.2 Å². The van der Waals surface area contributed by atoms with Gasteiger partial charge in [0, 0.05) is 10.9 Å². The van der Waals surface area contributed by atoms with E-state index >= 15 is 0 Å². The minimum absolute atomic E-state index is 0.247. The molecule has 90 valence electrons. The molecule has 0 saturated carbocycles. The number of hydrogen-bond donors (Lipinski definition) is 2. The fourth-order valence-corrected chi connectivity index (χ4v) is 1.96. The summed E-state index contributed by atoms with van der Waals surface area (Å²) in [5.74, 6) is -0.230. The highest BCUT2D eigenvalue weighted by Gasteiger charge is 2.19. The summed E-state index contributed by atoms with van der Waals surface area (Å²) in [6, 6.07) is 3.22. The molecule has 0 aliphatic rings. The lowest BCUT2D eigenvalue weighted by atomic mass is 10.1. The molecule has 4 nitrogen and oxygen atoms in total. The quantitative estimate of drug-likeness (QED) is 0.825. The van der Waals surface area contributed by atoms with Crippen LogP contribution in [0.4, 0.5) is 5.82 Å². The first kappa shape index (κ1) is 12.1. The molecule has 0 amide bonds. The number of nitrogen functional groups attached to an aromatic ring is 1. The molecule has 1 aromatic heterocycles. The van der Waals surface area contributed by atoms with Crippen LogP contribution in [0.3, 0.4) is 0 Å². The molecular formula is C11H10Cl2N2O2. The number of nitrogens with two attached hydrogens (primary N) is 1. The van der Waals surface area contributed by atoms with Crippen LogP contribution < -0.4 is 5.73 Å². The van der Waals surface area contributed by atoms with Crippen molar-refractivity contribution < 1.29 is 9.53 Å². The maximum atomic E-state index is 11.7. The zero-order chi connectivity index (χ0) is 12.6. The lowest BCUT2D eigenvalue weighted by Crippen LogP contribution is -2.06. The van der Waals surface area contributed by atoms with E-state index < -0.39 is 5.97 Å². The van der Waals surface area contributed by atoms with Crippen molar-refractivity contribution in [1.29, 1.82) is 0 Å². The molecule has 3 N–H and O–H groups in total. The maximum absolute atomic E-state index is 11.7. The normalized spacial score (nSPS) is 10.8. The second kappa shape index (κ2) is 4.47. The average Bonchev–Trinajstić information content (AvgIpc) is 2.55. The third-order valence-electron chi connectivity index (χ3n) is 2.35. The lowest BCUT2D eigenvalue weighted by molar-refractivity contribution is 0.0530. The molecule has 0 atom stereocenters. The van der Waals surface area contributed by atoms with E-state index in [-0.39, 0.29) is 12.4 Å². The molecule has 6 heteroatoms. The summed E-state index contributed by atoms with van der Waals surface area (Å²) < 4.78 is 4.93. The number of fused-ring (bicyclic) bond motifs is 1. The third kappa shape index (κ3) is 2.06. The zero-order valence-corrected chi connectivity index (χ0v) is 10.5. The largest absolute Gasteiger partial charge is 0.462 e. The zero-order valence-electron chi connectivity index (χ0n) is 9.01. The van der Waals surface area contributed by atoms with Crippen molar-refractivity contribution in [3.8, 4) is 0 Å². The summed E-state index contributed by atoms with van der Waals surface area (Å²) in [5, 5.41) is 1.37. The average molecular weight is 273 g/mol. The predicted molar refractivity (Wildman–Crippen MR) is 68.7 cm³/mol. The number of ether oxygens (including phenoxy) is 1. The summed E-state index contributed by atoms with van der Waals surface area (Å²) in [5.41, 5.74) is 6.69. The van der Waals surface area contributed by atoms with Crippen molar-refractivity contribution in [1.82, 2.24) is 4.98 Å². The number of esters is 1. The van der Waals surface area contributed by atoms with Gasteiger partial charge in [0.05, 0.1) is 16.7 Å². The van der Waals surface area contributed by atoms with E-state index in [1.54, 1.807) is 19.1 Å². The number of rotatable bonds is 2. The van der Waals surface area contributed by atoms with E-state index in [0.29, 0.717) is 26.5 Å². The van der Waals surface area contributed by atoms with Crippen molar-refractivity contribution in [3.63, 3.8) is 0 Å². The van der Waals surface area contributed by atoms with Gasteiger partial charge in [0.15, 0.2) is 0 Å². The second-order valence-corrected chi connectivity index (χ2v) is 4.26. The Morgan fingerprint density at radius 2 is 2.06 bits per heavy atom. The SMILES string of the molecule is CCOC(=O)c1c(N)[nH]c2cc(Cl)c(Cl)cc12. The van der Waals surface area contributed by atoms with Gasteiger partial charge in [0.25, 0.3) is 0 Å². The van der Waals surface area contributed by atoms with Crippen LogP contribution in [0.25, 0.3) is 10.9 Å². The third-order valence-corrected chi connectivity index (χ3v) is 3.07. The standard InChI is InChI=1S/C11H10Cl2N2O2/c1-2-17-11(16)9-5-3-6(12)7(13)4-8(5)15-10(9)14/h3-4,15H,2,14H2,1H3. The van der Waals surface area contributed by atoms with Gasteiger partial charge in [-0.3, -0.25) is 0 Å². The van der Waals surface area contributed by atoms with Gasteiger partial charge in [-0.15, -0.1) is 0 Å². The van der Waals surface area contributed by atoms with Gasteiger partial charge in [0.1, 0.15) is 11.4 Å². The van der Waals surface area contributed by atoms with Crippen LogP contribution in [0.15, 0.2) is 12.1 Å². The molecule has 2 aromatic rings. The molecule has 0 aliphatic carbocycles. The molecule has 0 fully saturated rings. The molecule has 0 bridgehead atoms. The van der Waals surface area contributed by atoms with Crippen molar-refractivity contribution in [2.75, 3.05) is 12.3 Å². The number of H-pyrrole nitrogens is 1. The Hall–Kier alpha value is -1.39. The highest BCUT2D eigenvalue weighted by molar-refractivity contribution is 6.43. The first-order chi connectivity index (χ1) is 8.04. The molecule has 0 radical (unpaired) electrons. The van der Waals surface area contributed by atoms with Gasteiger partial charge in [0.2, 0.25) is 0 Å². The Bertz CT molecular complexity index is 593. The number of nitrogens with one attached hydrogen (secondary N) is 1. The number of benzene rings is 1. The highest BCUT2D eigenvalue weighted by Crippen LogP contribution is 2.32. The Labute approximate surface area is 108 Å². The Balaban J connectivity index is 2.66. The van der Waals surface area contributed by atoms with Crippen LogP contribution in [0, 0.1) is 0 Å². The molecule has 0 spiro atoms. The molecular weight excluding hydrogens is 263 g/mol. The molecule has 0 aliphatic heterocycles. The molecule has 1 aromatic carbocycles. The van der Waals surface area contributed by atoms with Crippen LogP contribution in [0.2, 0.25) is 10.0 Å². The van der Waals surface area contributed by atoms with Crippen LogP contribution in [0.1, 0.15) is 17.3 Å². The second-order valence-electron chi connectivity index (χ2n) is 3.45. The first-order valence-electron chi connectivity index (χ1n) is 4.98. The number of carbonyl (C=O) groups excluding carboxylic acids is 1. The number of aromatic amines is 1. The van der Waals surface area contributed by atoms with Crippen LogP contribution in [-0.2, 0) is 4.74 Å². The minimum Gasteiger partial charge on any atom is -0.462 e. The van der Waals surface area contributed by atoms with Crippen LogP contribution in [-0.4, -0.2) is 17.6 Å². The van der Waals surface area contributed by atoms with Crippen LogP contribution in [0.5, 0.6) is 0 Å². The lowest BCUT2D eigenvalue weighted by Gasteiger charge is -2.01. The van der Waals surface area contributed by atoms with E-state index in [1.165, 1.54) is 0 Å². The van der Waals surface area contributed by atoms with Gasteiger partial charge in [-0.25, -0.2) is 4.79 Å². The van der Waals surface area contributed by atoms with Gasteiger partial charge in [-0.05, 0) is 19.1 Å². The summed E-state index contributed by atoms with van der Waals surface area (Å²) in [7, 11) is 0. The number of halogens is 2. The van der Waals surface area contributed by atoms with Crippen molar-refractivity contribution in [2.24, 2.45) is 0 Å². The Morgan fingerprint density at radius 1 is 1.41 bits per heavy atom. The number of aromatic nitrogens is 1. The van der Waals surface area contributed by atoms with Crippen molar-refractivity contribution in [2.45, 2.75) is 6.92 Å². The highest BCUT2D eigenvalue weighted by atomic mass is 35.5. The smallest absolute Gasteiger partial charge is 0.342 e. The van der Waals surface area contributed by atoms with Gasteiger partial charge < -0.3 is 15.5 Å². The van der Waals surface area contributed by atoms with E-state index in [2.05, 4.69) is 4.98 Å². The predicted octanol–water partition coefficient (Wildman–Crippen LogP) is 3.23. The number of hydrogen-bond acceptors (Lipinski definition) is 3. The summed E-state index contributed by atoms with van der Waals surface area (Å²) in [6.07, 6.45) is 0. The first-order valence-corrected chi connectivity index (χ1v) is 5.73. The van der Waals surface area contributed by atoms with Gasteiger partial charge >= 0.3 is 5.97 Å². The monoisotopic (exact) mass is 272 g/mol. The number of carbonyl (C=O) groups is 1. The van der Waals surface area contributed by atoms with E-state index in [9.17, 15) is 4.79 Å². The topological polar surface area (TPSA) is 68.1 Å². The van der Waals surface area contributed by atoms with Crippen molar-refractivity contribution >= 4 is 45.9 Å². The van der Waals surface area contributed by atoms with E-state index in [4.69, 9.17) is 33.7 Å². The minimum atomic E-state index is -0.477. The maximum Gasteiger partial charge on any atom is 0.342 e. The molecule has 1 heterocycles. The number of anilines is 1. The molecule has 0 saturated heterocycles. The summed E-state index contributed by atoms with van der Waals surface area (Å²) in [6.45, 7) is 2.01. The molecule has 0 unspecified atom stereocenters. The molecule has 17 heavy (non-hydrogen) atoms. The Morgan fingerprint density at radius 3 is 2.71 bits per heavy atom.